The van der Waals surface area contributed by atoms with Crippen molar-refractivity contribution in [3.05, 3.63) is 47.9 Å². The second-order valence-corrected chi connectivity index (χ2v) is 9.95. The number of benzene rings is 2. The average molecular weight is 497 g/mol. The number of fused-ring (bicyclic) bond motifs is 2. The molecule has 0 radical (unpaired) electrons. The fraction of sp³-hybridized carbons (Fsp3) is 0.400. The lowest BCUT2D eigenvalue weighted by molar-refractivity contribution is -0.116. The van der Waals surface area contributed by atoms with Crippen molar-refractivity contribution in [2.45, 2.75) is 17.2 Å². The average Bonchev–Trinajstić information content (AvgIpc) is 3.21. The van der Waals surface area contributed by atoms with Gasteiger partial charge in [-0.15, -0.1) is 0 Å². The van der Waals surface area contributed by atoms with E-state index in [2.05, 4.69) is 15.2 Å². The summed E-state index contributed by atoms with van der Waals surface area (Å²) < 4.78 is 29.0. The Balaban J connectivity index is 1.38. The highest BCUT2D eigenvalue weighted by Gasteiger charge is 2.34. The molecule has 2 aromatic carbocycles. The third-order valence-electron chi connectivity index (χ3n) is 6.31. The number of morpholine rings is 1. The van der Waals surface area contributed by atoms with Gasteiger partial charge >= 0.3 is 0 Å². The highest BCUT2D eigenvalue weighted by atomic mass is 32.2. The van der Waals surface area contributed by atoms with Crippen LogP contribution in [0.1, 0.15) is 23.7 Å². The maximum Gasteiger partial charge on any atom is 0.239 e. The molecule has 184 valence electrons. The zero-order valence-electron chi connectivity index (χ0n) is 19.8. The standard InChI is InChI=1S/C25H28N4O5S/c1-32-21-12-16-15-26-24(23-18-13-17(35(2)31)4-5-19(18)28-25(23)30)27-20(16)14-22(21)34-9-3-6-29-7-10-33-11-8-29/h4-5,12-15,23H,3,6-11H2,1-2H3,(H,28,30). The summed E-state index contributed by atoms with van der Waals surface area (Å²) >= 11 is 0. The smallest absolute Gasteiger partial charge is 0.239 e. The van der Waals surface area contributed by atoms with Crippen LogP contribution in [0.15, 0.2) is 41.4 Å². The maximum atomic E-state index is 12.8. The number of nitrogens with one attached hydrogen (secondary N) is 1. The third-order valence-corrected chi connectivity index (χ3v) is 7.23. The van der Waals surface area contributed by atoms with Crippen molar-refractivity contribution in [3.8, 4) is 11.5 Å². The Morgan fingerprint density at radius 1 is 1.20 bits per heavy atom. The molecule has 1 N–H and O–H groups in total. The minimum atomic E-state index is -1.16. The number of carbonyl (C=O) groups excluding carboxylic acids is 1. The van der Waals surface area contributed by atoms with Crippen LogP contribution in [-0.4, -0.2) is 77.8 Å². The molecular formula is C25H28N4O5S. The van der Waals surface area contributed by atoms with Gasteiger partial charge in [-0.25, -0.2) is 9.97 Å². The zero-order chi connectivity index (χ0) is 24.4. The van der Waals surface area contributed by atoms with Gasteiger partial charge in [0.1, 0.15) is 11.7 Å². The van der Waals surface area contributed by atoms with E-state index in [0.29, 0.717) is 40.0 Å². The number of amides is 1. The van der Waals surface area contributed by atoms with Gasteiger partial charge in [0.15, 0.2) is 11.5 Å². The first kappa shape index (κ1) is 23.7. The molecule has 0 aliphatic carbocycles. The molecule has 2 unspecified atom stereocenters. The fourth-order valence-corrected chi connectivity index (χ4v) is 4.99. The van der Waals surface area contributed by atoms with E-state index in [-0.39, 0.29) is 5.91 Å². The van der Waals surface area contributed by atoms with Gasteiger partial charge in [-0.3, -0.25) is 13.9 Å². The van der Waals surface area contributed by atoms with Crippen LogP contribution < -0.4 is 14.8 Å². The van der Waals surface area contributed by atoms with Gasteiger partial charge in [0.2, 0.25) is 5.91 Å². The summed E-state index contributed by atoms with van der Waals surface area (Å²) in [7, 11) is 0.444. The SMILES string of the molecule is COc1cc2cnc(C3C(=O)Nc4ccc(S(C)=O)cc43)nc2cc1OCCCN1CCOCC1. The number of methoxy groups -OCH3 is 1. The molecule has 5 rings (SSSR count). The van der Waals surface area contributed by atoms with E-state index in [9.17, 15) is 9.00 Å². The molecule has 2 aliphatic rings. The summed E-state index contributed by atoms with van der Waals surface area (Å²) in [5, 5.41) is 3.66. The number of aromatic nitrogens is 2. The third kappa shape index (κ3) is 5.00. The van der Waals surface area contributed by atoms with E-state index >= 15 is 0 Å². The number of rotatable bonds is 8. The van der Waals surface area contributed by atoms with Gasteiger partial charge in [0.25, 0.3) is 0 Å². The molecule has 10 heteroatoms. The summed E-state index contributed by atoms with van der Waals surface area (Å²) in [4.78, 5) is 25.0. The number of anilines is 1. The monoisotopic (exact) mass is 496 g/mol. The Hall–Kier alpha value is -3.08. The predicted molar refractivity (Wildman–Crippen MR) is 133 cm³/mol. The molecule has 2 aliphatic heterocycles. The Morgan fingerprint density at radius 2 is 2.03 bits per heavy atom. The highest BCUT2D eigenvalue weighted by molar-refractivity contribution is 7.84. The van der Waals surface area contributed by atoms with Crippen LogP contribution >= 0.6 is 0 Å². The molecule has 1 aromatic heterocycles. The largest absolute Gasteiger partial charge is 0.493 e. The van der Waals surface area contributed by atoms with E-state index in [4.69, 9.17) is 19.2 Å². The van der Waals surface area contributed by atoms with Crippen LogP contribution in [-0.2, 0) is 20.3 Å². The van der Waals surface area contributed by atoms with Crippen molar-refractivity contribution < 1.29 is 23.2 Å². The predicted octanol–water partition coefficient (Wildman–Crippen LogP) is 2.56. The van der Waals surface area contributed by atoms with Crippen LogP contribution in [0.5, 0.6) is 11.5 Å². The van der Waals surface area contributed by atoms with E-state index in [0.717, 1.165) is 50.2 Å². The summed E-state index contributed by atoms with van der Waals surface area (Å²) in [5.74, 6) is 0.728. The maximum absolute atomic E-state index is 12.8. The van der Waals surface area contributed by atoms with Gasteiger partial charge in [-0.2, -0.15) is 0 Å². The van der Waals surface area contributed by atoms with Crippen molar-refractivity contribution >= 4 is 33.3 Å². The lowest BCUT2D eigenvalue weighted by Crippen LogP contribution is -2.37. The van der Waals surface area contributed by atoms with Crippen molar-refractivity contribution in [1.82, 2.24) is 14.9 Å². The highest BCUT2D eigenvalue weighted by Crippen LogP contribution is 2.38. The van der Waals surface area contributed by atoms with E-state index in [1.165, 1.54) is 0 Å². The summed E-state index contributed by atoms with van der Waals surface area (Å²) in [6.07, 6.45) is 4.19. The molecule has 9 nitrogen and oxygen atoms in total. The first-order valence-electron chi connectivity index (χ1n) is 11.6. The van der Waals surface area contributed by atoms with Crippen LogP contribution in [0.3, 0.4) is 0 Å². The second kappa shape index (κ2) is 10.3. The molecule has 1 fully saturated rings. The Bertz CT molecular complexity index is 1280. The van der Waals surface area contributed by atoms with Crippen LogP contribution in [0, 0.1) is 0 Å². The molecule has 0 bridgehead atoms. The Labute approximate surface area is 206 Å². The van der Waals surface area contributed by atoms with Gasteiger partial charge in [0.05, 0.1) is 32.4 Å². The quantitative estimate of drug-likeness (QED) is 0.475. The lowest BCUT2D eigenvalue weighted by atomic mass is 9.99. The summed E-state index contributed by atoms with van der Waals surface area (Å²) in [5.41, 5.74) is 2.09. The lowest BCUT2D eigenvalue weighted by Gasteiger charge is -2.26. The minimum Gasteiger partial charge on any atom is -0.493 e. The van der Waals surface area contributed by atoms with Crippen LogP contribution in [0.25, 0.3) is 10.9 Å². The fourth-order valence-electron chi connectivity index (χ4n) is 4.43. The van der Waals surface area contributed by atoms with Gasteiger partial charge < -0.3 is 19.5 Å². The number of hydrogen-bond acceptors (Lipinski definition) is 8. The zero-order valence-corrected chi connectivity index (χ0v) is 20.6. The van der Waals surface area contributed by atoms with Crippen molar-refractivity contribution in [2.75, 3.05) is 58.1 Å². The first-order valence-corrected chi connectivity index (χ1v) is 13.1. The summed E-state index contributed by atoms with van der Waals surface area (Å²) in [6.45, 7) is 4.96. The summed E-state index contributed by atoms with van der Waals surface area (Å²) in [6, 6.07) is 9.00. The topological polar surface area (TPSA) is 103 Å². The Kier molecular flexibility index (Phi) is 6.94. The molecule has 0 saturated carbocycles. The van der Waals surface area contributed by atoms with E-state index in [1.807, 2.05) is 12.1 Å². The molecule has 0 spiro atoms. The molecule has 1 amide bonds. The second-order valence-electron chi connectivity index (χ2n) is 8.57. The minimum absolute atomic E-state index is 0.202. The van der Waals surface area contributed by atoms with E-state index in [1.54, 1.807) is 37.8 Å². The Morgan fingerprint density at radius 3 is 2.80 bits per heavy atom. The number of carbonyl (C=O) groups is 1. The van der Waals surface area contributed by atoms with Gasteiger partial charge in [-0.1, -0.05) is 0 Å². The normalized spacial score (nSPS) is 18.8. The molecule has 1 saturated heterocycles. The van der Waals surface area contributed by atoms with Gasteiger partial charge in [0, 0.05) is 64.9 Å². The number of ether oxygens (including phenoxy) is 3. The van der Waals surface area contributed by atoms with Gasteiger partial charge in [-0.05, 0) is 36.2 Å². The molecule has 35 heavy (non-hydrogen) atoms. The first-order chi connectivity index (χ1) is 17.0. The number of nitrogens with zero attached hydrogens (tertiary/aromatic N) is 3. The van der Waals surface area contributed by atoms with Crippen LogP contribution in [0.4, 0.5) is 5.69 Å². The van der Waals surface area contributed by atoms with E-state index < -0.39 is 16.7 Å². The van der Waals surface area contributed by atoms with Crippen molar-refractivity contribution in [3.63, 3.8) is 0 Å². The molecular weight excluding hydrogens is 468 g/mol. The molecule has 3 aromatic rings. The molecule has 2 atom stereocenters. The molecule has 3 heterocycles. The van der Waals surface area contributed by atoms with Crippen LogP contribution in [0.2, 0.25) is 0 Å². The van der Waals surface area contributed by atoms with Crippen molar-refractivity contribution in [2.24, 2.45) is 0 Å². The van der Waals surface area contributed by atoms with Crippen molar-refractivity contribution in [1.29, 1.82) is 0 Å². The number of hydrogen-bond donors (Lipinski definition) is 1.